The van der Waals surface area contributed by atoms with Crippen molar-refractivity contribution in [3.05, 3.63) is 65.7 Å². The van der Waals surface area contributed by atoms with Crippen LogP contribution in [0.15, 0.2) is 54.6 Å². The molecular formula is C18H24N2. The Bertz CT molecular complexity index is 491. The van der Waals surface area contributed by atoms with Crippen LogP contribution >= 0.6 is 0 Å². The smallest absolute Gasteiger partial charge is 0.0400 e. The van der Waals surface area contributed by atoms with Crippen molar-refractivity contribution in [2.24, 2.45) is 5.73 Å². The fourth-order valence-corrected chi connectivity index (χ4v) is 2.24. The number of rotatable bonds is 7. The molecule has 0 heterocycles. The van der Waals surface area contributed by atoms with E-state index < -0.39 is 0 Å². The van der Waals surface area contributed by atoms with Crippen LogP contribution in [0.3, 0.4) is 0 Å². The van der Waals surface area contributed by atoms with Crippen molar-refractivity contribution in [1.82, 2.24) is 0 Å². The van der Waals surface area contributed by atoms with Crippen LogP contribution in [0, 0.1) is 0 Å². The third-order valence-electron chi connectivity index (χ3n) is 3.55. The second-order valence-electron chi connectivity index (χ2n) is 5.21. The van der Waals surface area contributed by atoms with Gasteiger partial charge < -0.3 is 11.1 Å². The number of unbranched alkanes of at least 4 members (excludes halogenated alkanes) is 1. The summed E-state index contributed by atoms with van der Waals surface area (Å²) in [5.74, 6) is 0. The van der Waals surface area contributed by atoms with Gasteiger partial charge in [0, 0.05) is 18.3 Å². The van der Waals surface area contributed by atoms with Crippen molar-refractivity contribution in [3.63, 3.8) is 0 Å². The summed E-state index contributed by atoms with van der Waals surface area (Å²) in [6.07, 6.45) is 3.45. The first-order chi connectivity index (χ1) is 9.79. The second kappa shape index (κ2) is 7.71. The molecule has 0 aliphatic carbocycles. The van der Waals surface area contributed by atoms with Crippen molar-refractivity contribution in [3.8, 4) is 0 Å². The molecule has 0 radical (unpaired) electrons. The van der Waals surface area contributed by atoms with Crippen LogP contribution in [-0.4, -0.2) is 0 Å². The van der Waals surface area contributed by atoms with E-state index in [1.54, 1.807) is 0 Å². The number of anilines is 1. The van der Waals surface area contributed by atoms with Crippen molar-refractivity contribution in [2.45, 2.75) is 38.8 Å². The van der Waals surface area contributed by atoms with Crippen LogP contribution in [0.1, 0.15) is 43.4 Å². The van der Waals surface area contributed by atoms with Gasteiger partial charge in [0.1, 0.15) is 0 Å². The summed E-state index contributed by atoms with van der Waals surface area (Å²) in [5, 5.41) is 3.43. The predicted octanol–water partition coefficient (Wildman–Crippen LogP) is 4.49. The zero-order valence-corrected chi connectivity index (χ0v) is 12.2. The van der Waals surface area contributed by atoms with Gasteiger partial charge in [-0.15, -0.1) is 0 Å². The Kier molecular flexibility index (Phi) is 5.63. The molecule has 0 saturated heterocycles. The molecule has 2 rings (SSSR count). The zero-order chi connectivity index (χ0) is 14.2. The van der Waals surface area contributed by atoms with Gasteiger partial charge in [0.2, 0.25) is 0 Å². The van der Waals surface area contributed by atoms with Crippen LogP contribution in [0.2, 0.25) is 0 Å². The van der Waals surface area contributed by atoms with E-state index in [4.69, 9.17) is 5.73 Å². The van der Waals surface area contributed by atoms with Crippen molar-refractivity contribution in [1.29, 1.82) is 0 Å². The highest BCUT2D eigenvalue weighted by atomic mass is 14.9. The normalized spacial score (nSPS) is 12.1. The van der Waals surface area contributed by atoms with Crippen molar-refractivity contribution in [2.75, 3.05) is 5.32 Å². The number of nitrogens with one attached hydrogen (secondary N) is 1. The lowest BCUT2D eigenvalue weighted by molar-refractivity contribution is 0.603. The van der Waals surface area contributed by atoms with Crippen molar-refractivity contribution >= 4 is 5.69 Å². The van der Waals surface area contributed by atoms with Gasteiger partial charge in [0.05, 0.1) is 0 Å². The number of hydrogen-bond donors (Lipinski definition) is 2. The summed E-state index contributed by atoms with van der Waals surface area (Å²) in [4.78, 5) is 0. The molecule has 106 valence electrons. The fourth-order valence-electron chi connectivity index (χ4n) is 2.24. The van der Waals surface area contributed by atoms with Crippen LogP contribution in [0.25, 0.3) is 0 Å². The highest BCUT2D eigenvalue weighted by Gasteiger charge is 2.04. The first kappa shape index (κ1) is 14.6. The molecule has 0 aliphatic rings. The van der Waals surface area contributed by atoms with Crippen LogP contribution in [-0.2, 0) is 6.54 Å². The number of hydrogen-bond acceptors (Lipinski definition) is 2. The highest BCUT2D eigenvalue weighted by molar-refractivity contribution is 5.45. The van der Waals surface area contributed by atoms with Gasteiger partial charge >= 0.3 is 0 Å². The lowest BCUT2D eigenvalue weighted by Crippen LogP contribution is -2.10. The van der Waals surface area contributed by atoms with Gasteiger partial charge in [0.15, 0.2) is 0 Å². The molecule has 3 N–H and O–H groups in total. The topological polar surface area (TPSA) is 38.0 Å². The van der Waals surface area contributed by atoms with E-state index in [9.17, 15) is 0 Å². The monoisotopic (exact) mass is 268 g/mol. The van der Waals surface area contributed by atoms with Gasteiger partial charge in [-0.1, -0.05) is 62.2 Å². The number of benzene rings is 2. The van der Waals surface area contributed by atoms with Gasteiger partial charge in [0.25, 0.3) is 0 Å². The Balaban J connectivity index is 1.88. The van der Waals surface area contributed by atoms with Crippen LogP contribution < -0.4 is 11.1 Å². The van der Waals surface area contributed by atoms with E-state index in [0.29, 0.717) is 0 Å². The molecule has 0 fully saturated rings. The Morgan fingerprint density at radius 1 is 1.00 bits per heavy atom. The maximum absolute atomic E-state index is 6.18. The van der Waals surface area contributed by atoms with E-state index in [1.165, 1.54) is 24.0 Å². The van der Waals surface area contributed by atoms with Gasteiger partial charge in [-0.25, -0.2) is 0 Å². The van der Waals surface area contributed by atoms with Gasteiger partial charge in [-0.05, 0) is 29.7 Å². The second-order valence-corrected chi connectivity index (χ2v) is 5.21. The molecule has 2 aromatic rings. The van der Waals surface area contributed by atoms with E-state index in [0.717, 1.165) is 18.7 Å². The third-order valence-corrected chi connectivity index (χ3v) is 3.55. The molecule has 2 nitrogen and oxygen atoms in total. The molecule has 20 heavy (non-hydrogen) atoms. The SMILES string of the molecule is CCCC[C@@H](N)c1ccc(NCc2ccccc2)cc1. The summed E-state index contributed by atoms with van der Waals surface area (Å²) >= 11 is 0. The highest BCUT2D eigenvalue weighted by Crippen LogP contribution is 2.19. The third kappa shape index (κ3) is 4.39. The minimum Gasteiger partial charge on any atom is -0.381 e. The molecule has 0 aromatic heterocycles. The maximum atomic E-state index is 6.18. The first-order valence-corrected chi connectivity index (χ1v) is 7.43. The molecule has 1 atom stereocenters. The minimum absolute atomic E-state index is 0.165. The largest absolute Gasteiger partial charge is 0.381 e. The summed E-state index contributed by atoms with van der Waals surface area (Å²) < 4.78 is 0. The van der Waals surface area contributed by atoms with E-state index in [-0.39, 0.29) is 6.04 Å². The van der Waals surface area contributed by atoms with E-state index >= 15 is 0 Å². The summed E-state index contributed by atoms with van der Waals surface area (Å²) in [7, 11) is 0. The molecule has 2 heteroatoms. The molecule has 0 amide bonds. The van der Waals surface area contributed by atoms with Gasteiger partial charge in [-0.2, -0.15) is 0 Å². The van der Waals surface area contributed by atoms with Crippen molar-refractivity contribution < 1.29 is 0 Å². The lowest BCUT2D eigenvalue weighted by Gasteiger charge is -2.13. The quantitative estimate of drug-likeness (QED) is 0.776. The lowest BCUT2D eigenvalue weighted by atomic mass is 10.0. The Morgan fingerprint density at radius 2 is 1.70 bits per heavy atom. The van der Waals surface area contributed by atoms with E-state index in [1.807, 2.05) is 6.07 Å². The predicted molar refractivity (Wildman–Crippen MR) is 86.7 cm³/mol. The molecule has 0 unspecified atom stereocenters. The summed E-state index contributed by atoms with van der Waals surface area (Å²) in [6, 6.07) is 19.1. The molecule has 0 saturated carbocycles. The minimum atomic E-state index is 0.165. The molecule has 0 aliphatic heterocycles. The van der Waals surface area contributed by atoms with E-state index in [2.05, 4.69) is 60.8 Å². The summed E-state index contributed by atoms with van der Waals surface area (Å²) in [5.41, 5.74) is 9.83. The van der Waals surface area contributed by atoms with Crippen LogP contribution in [0.4, 0.5) is 5.69 Å². The molecule has 0 bridgehead atoms. The summed E-state index contributed by atoms with van der Waals surface area (Å²) in [6.45, 7) is 3.05. The molecular weight excluding hydrogens is 244 g/mol. The standard InChI is InChI=1S/C18H24N2/c1-2-3-9-18(19)16-10-12-17(13-11-16)20-14-15-7-5-4-6-8-15/h4-8,10-13,18,20H,2-3,9,14,19H2,1H3/t18-/m1/s1. The first-order valence-electron chi connectivity index (χ1n) is 7.43. The Morgan fingerprint density at radius 3 is 2.35 bits per heavy atom. The maximum Gasteiger partial charge on any atom is 0.0400 e. The molecule has 2 aromatic carbocycles. The zero-order valence-electron chi connectivity index (χ0n) is 12.2. The average Bonchev–Trinajstić information content (AvgIpc) is 2.52. The van der Waals surface area contributed by atoms with Gasteiger partial charge in [-0.3, -0.25) is 0 Å². The Labute approximate surface area is 122 Å². The molecule has 0 spiro atoms. The Hall–Kier alpha value is -1.80. The van der Waals surface area contributed by atoms with Crippen LogP contribution in [0.5, 0.6) is 0 Å². The number of nitrogens with two attached hydrogens (primary N) is 1. The fraction of sp³-hybridized carbons (Fsp3) is 0.333. The average molecular weight is 268 g/mol.